The van der Waals surface area contributed by atoms with Crippen LogP contribution in [0.1, 0.15) is 44.9 Å². The van der Waals surface area contributed by atoms with Crippen LogP contribution in [0.15, 0.2) is 48.0 Å². The predicted octanol–water partition coefficient (Wildman–Crippen LogP) is 4.80. The van der Waals surface area contributed by atoms with Crippen LogP contribution < -0.4 is 5.32 Å². The average molecular weight is 432 g/mol. The molecule has 4 heterocycles. The fourth-order valence-electron chi connectivity index (χ4n) is 4.23. The third-order valence-corrected chi connectivity index (χ3v) is 6.76. The number of carbonyl (C=O) groups is 1. The number of nitrogens with one attached hydrogen (secondary N) is 1. The van der Waals surface area contributed by atoms with Gasteiger partial charge in [-0.2, -0.15) is 18.3 Å². The van der Waals surface area contributed by atoms with E-state index in [1.54, 1.807) is 4.90 Å². The van der Waals surface area contributed by atoms with E-state index >= 15 is 0 Å². The molecule has 3 aromatic rings. The van der Waals surface area contributed by atoms with Crippen LogP contribution >= 0.6 is 11.3 Å². The van der Waals surface area contributed by atoms with Crippen molar-refractivity contribution in [1.29, 1.82) is 0 Å². The number of nitrogens with zero attached hydrogens (tertiary/aromatic N) is 3. The van der Waals surface area contributed by atoms with Crippen molar-refractivity contribution in [1.82, 2.24) is 14.7 Å². The monoisotopic (exact) mass is 432 g/mol. The van der Waals surface area contributed by atoms with E-state index in [1.165, 1.54) is 23.1 Å². The first-order valence-corrected chi connectivity index (χ1v) is 10.6. The standard InChI is InChI=1S/C21H19F3N4OS/c22-21(23,24)18-10-16(17-6-3-9-30-17)26-19-15(11-25-28(18)19)20(29)27-8-7-13-4-1-2-5-14(13)12-27/h1-6,9,11,16,18,26H,7-8,10,12H2/t16-,18-/m1/s1. The Kier molecular flexibility index (Phi) is 4.57. The van der Waals surface area contributed by atoms with E-state index < -0.39 is 18.3 Å². The Labute approximate surface area is 175 Å². The summed E-state index contributed by atoms with van der Waals surface area (Å²) in [6, 6.07) is 9.25. The zero-order valence-electron chi connectivity index (χ0n) is 15.9. The van der Waals surface area contributed by atoms with Crippen molar-refractivity contribution in [3.8, 4) is 0 Å². The Bertz CT molecular complexity index is 1080. The first-order chi connectivity index (χ1) is 14.4. The van der Waals surface area contributed by atoms with E-state index in [9.17, 15) is 18.0 Å². The molecule has 156 valence electrons. The largest absolute Gasteiger partial charge is 0.410 e. The number of aromatic nitrogens is 2. The molecule has 0 radical (unpaired) electrons. The summed E-state index contributed by atoms with van der Waals surface area (Å²) < 4.78 is 42.3. The van der Waals surface area contributed by atoms with E-state index in [2.05, 4.69) is 10.4 Å². The first kappa shape index (κ1) is 19.2. The van der Waals surface area contributed by atoms with Crippen molar-refractivity contribution in [2.45, 2.75) is 37.6 Å². The Morgan fingerprint density at radius 1 is 1.17 bits per heavy atom. The van der Waals surface area contributed by atoms with Crippen LogP contribution in [0.4, 0.5) is 19.0 Å². The fraction of sp³-hybridized carbons (Fsp3) is 0.333. The van der Waals surface area contributed by atoms with Gasteiger partial charge >= 0.3 is 6.18 Å². The molecule has 5 rings (SSSR count). The summed E-state index contributed by atoms with van der Waals surface area (Å²) in [6.45, 7) is 0.966. The zero-order chi connectivity index (χ0) is 20.9. The molecule has 2 aromatic heterocycles. The molecule has 0 saturated heterocycles. The molecule has 0 bridgehead atoms. The molecule has 5 nitrogen and oxygen atoms in total. The van der Waals surface area contributed by atoms with Crippen LogP contribution in [0, 0.1) is 0 Å². The third-order valence-electron chi connectivity index (χ3n) is 5.77. The molecule has 30 heavy (non-hydrogen) atoms. The summed E-state index contributed by atoms with van der Waals surface area (Å²) in [4.78, 5) is 15.7. The van der Waals surface area contributed by atoms with Gasteiger partial charge in [-0.05, 0) is 29.0 Å². The van der Waals surface area contributed by atoms with Crippen molar-refractivity contribution in [2.24, 2.45) is 0 Å². The zero-order valence-corrected chi connectivity index (χ0v) is 16.7. The number of hydrogen-bond acceptors (Lipinski definition) is 4. The Morgan fingerprint density at radius 2 is 1.97 bits per heavy atom. The number of alkyl halides is 3. The quantitative estimate of drug-likeness (QED) is 0.633. The molecule has 0 fully saturated rings. The molecule has 0 saturated carbocycles. The number of rotatable bonds is 2. The topological polar surface area (TPSA) is 50.2 Å². The highest BCUT2D eigenvalue weighted by atomic mass is 32.1. The van der Waals surface area contributed by atoms with Gasteiger partial charge in [0.2, 0.25) is 0 Å². The molecule has 2 atom stereocenters. The summed E-state index contributed by atoms with van der Waals surface area (Å²) in [5.74, 6) is -0.156. The molecular weight excluding hydrogens is 413 g/mol. The summed E-state index contributed by atoms with van der Waals surface area (Å²) in [7, 11) is 0. The van der Waals surface area contributed by atoms with Crippen molar-refractivity contribution >= 4 is 23.1 Å². The van der Waals surface area contributed by atoms with Crippen molar-refractivity contribution < 1.29 is 18.0 Å². The molecule has 1 N–H and O–H groups in total. The maximum absolute atomic E-state index is 13.8. The van der Waals surface area contributed by atoms with Gasteiger partial charge in [-0.3, -0.25) is 4.79 Å². The lowest BCUT2D eigenvalue weighted by molar-refractivity contribution is -0.173. The number of amides is 1. The minimum absolute atomic E-state index is 0.144. The number of benzene rings is 1. The van der Waals surface area contributed by atoms with E-state index in [-0.39, 0.29) is 23.7 Å². The predicted molar refractivity (Wildman–Crippen MR) is 108 cm³/mol. The van der Waals surface area contributed by atoms with Crippen molar-refractivity contribution in [3.63, 3.8) is 0 Å². The van der Waals surface area contributed by atoms with Crippen LogP contribution in [0.5, 0.6) is 0 Å². The third kappa shape index (κ3) is 3.27. The van der Waals surface area contributed by atoms with E-state index in [0.29, 0.717) is 13.1 Å². The molecular formula is C21H19F3N4OS. The Balaban J connectivity index is 1.48. The smallest absolute Gasteiger partial charge is 0.362 e. The van der Waals surface area contributed by atoms with Crippen molar-refractivity contribution in [3.05, 3.63) is 69.5 Å². The van der Waals surface area contributed by atoms with Gasteiger partial charge in [-0.25, -0.2) is 4.68 Å². The highest BCUT2D eigenvalue weighted by Gasteiger charge is 2.47. The molecule has 0 unspecified atom stereocenters. The van der Waals surface area contributed by atoms with Gasteiger partial charge < -0.3 is 10.2 Å². The number of hydrogen-bond donors (Lipinski definition) is 1. The number of fused-ring (bicyclic) bond motifs is 2. The number of halogens is 3. The van der Waals surface area contributed by atoms with Gasteiger partial charge in [0.1, 0.15) is 11.4 Å². The van der Waals surface area contributed by atoms with Crippen molar-refractivity contribution in [2.75, 3.05) is 11.9 Å². The second-order valence-corrected chi connectivity index (χ2v) is 8.58. The van der Waals surface area contributed by atoms with Crippen LogP contribution in [0.25, 0.3) is 0 Å². The number of thiophene rings is 1. The van der Waals surface area contributed by atoms with Crippen LogP contribution in [0.3, 0.4) is 0 Å². The summed E-state index contributed by atoms with van der Waals surface area (Å²) in [6.07, 6.45) is -2.63. The molecule has 1 amide bonds. The second kappa shape index (κ2) is 7.16. The van der Waals surface area contributed by atoms with Gasteiger partial charge in [-0.1, -0.05) is 30.3 Å². The number of carbonyl (C=O) groups excluding carboxylic acids is 1. The highest BCUT2D eigenvalue weighted by Crippen LogP contribution is 2.45. The summed E-state index contributed by atoms with van der Waals surface area (Å²) in [5, 5.41) is 8.96. The lowest BCUT2D eigenvalue weighted by Gasteiger charge is -2.34. The normalized spacial score (nSPS) is 21.0. The van der Waals surface area contributed by atoms with Crippen LogP contribution in [0.2, 0.25) is 0 Å². The lowest BCUT2D eigenvalue weighted by atomic mass is 9.99. The number of anilines is 1. The lowest BCUT2D eigenvalue weighted by Crippen LogP contribution is -2.38. The van der Waals surface area contributed by atoms with Crippen LogP contribution in [-0.2, 0) is 13.0 Å². The van der Waals surface area contributed by atoms with Gasteiger partial charge in [0, 0.05) is 24.4 Å². The maximum Gasteiger partial charge on any atom is 0.410 e. The van der Waals surface area contributed by atoms with Gasteiger partial charge in [0.25, 0.3) is 5.91 Å². The summed E-state index contributed by atoms with van der Waals surface area (Å²) in [5.41, 5.74) is 2.45. The molecule has 2 aliphatic heterocycles. The van der Waals surface area contributed by atoms with Gasteiger partial charge in [-0.15, -0.1) is 11.3 Å². The Morgan fingerprint density at radius 3 is 2.70 bits per heavy atom. The average Bonchev–Trinajstić information content (AvgIpc) is 3.41. The molecule has 2 aliphatic rings. The highest BCUT2D eigenvalue weighted by molar-refractivity contribution is 7.10. The fourth-order valence-corrected chi connectivity index (χ4v) is 5.03. The molecule has 0 aliphatic carbocycles. The molecule has 0 spiro atoms. The van der Waals surface area contributed by atoms with Gasteiger partial charge in [0.15, 0.2) is 6.04 Å². The van der Waals surface area contributed by atoms with E-state index in [1.807, 2.05) is 41.8 Å². The second-order valence-electron chi connectivity index (χ2n) is 7.60. The maximum atomic E-state index is 13.8. The van der Waals surface area contributed by atoms with Crippen LogP contribution in [-0.4, -0.2) is 33.3 Å². The molecule has 1 aromatic carbocycles. The van der Waals surface area contributed by atoms with Gasteiger partial charge in [0.05, 0.1) is 12.2 Å². The summed E-state index contributed by atoms with van der Waals surface area (Å²) >= 11 is 1.40. The SMILES string of the molecule is O=C(c1cnn2c1N[C@@H](c1cccs1)C[C@@H]2C(F)(F)F)N1CCc2ccccc2C1. The molecule has 9 heteroatoms. The minimum atomic E-state index is -4.46. The van der Waals surface area contributed by atoms with E-state index in [4.69, 9.17) is 0 Å². The van der Waals surface area contributed by atoms with E-state index in [0.717, 1.165) is 21.5 Å². The first-order valence-electron chi connectivity index (χ1n) is 9.72. The Hall–Kier alpha value is -2.81. The minimum Gasteiger partial charge on any atom is -0.362 e.